The van der Waals surface area contributed by atoms with Gasteiger partial charge in [-0.05, 0) is 49.4 Å². The van der Waals surface area contributed by atoms with Gasteiger partial charge in [0.15, 0.2) is 0 Å². The maximum Gasteiger partial charge on any atom is 0.123 e. The summed E-state index contributed by atoms with van der Waals surface area (Å²) in [4.78, 5) is 0. The van der Waals surface area contributed by atoms with E-state index in [1.54, 1.807) is 6.07 Å². The lowest BCUT2D eigenvalue weighted by molar-refractivity contribution is 0.271. The Morgan fingerprint density at radius 1 is 1.28 bits per heavy atom. The molecule has 1 aliphatic rings. The van der Waals surface area contributed by atoms with Gasteiger partial charge in [-0.1, -0.05) is 38.3 Å². The van der Waals surface area contributed by atoms with E-state index in [0.29, 0.717) is 12.0 Å². The van der Waals surface area contributed by atoms with E-state index in [4.69, 9.17) is 0 Å². The second-order valence-electron chi connectivity index (χ2n) is 5.38. The van der Waals surface area contributed by atoms with Gasteiger partial charge in [0.1, 0.15) is 5.82 Å². The Labute approximate surface area is 110 Å². The number of benzene rings is 1. The van der Waals surface area contributed by atoms with Crippen molar-refractivity contribution in [2.24, 2.45) is 5.92 Å². The van der Waals surface area contributed by atoms with Crippen LogP contribution in [0.25, 0.3) is 0 Å². The normalized spacial score (nSPS) is 18.8. The molecule has 1 aromatic rings. The largest absolute Gasteiger partial charge is 0.310 e. The molecule has 0 bridgehead atoms. The Bertz CT molecular complexity index is 358. The molecule has 2 rings (SSSR count). The summed E-state index contributed by atoms with van der Waals surface area (Å²) in [5.74, 6) is 0.554. The molecule has 1 atom stereocenters. The van der Waals surface area contributed by atoms with Crippen LogP contribution in [0.4, 0.5) is 4.39 Å². The zero-order valence-electron chi connectivity index (χ0n) is 11.3. The summed E-state index contributed by atoms with van der Waals surface area (Å²) in [7, 11) is 0. The van der Waals surface area contributed by atoms with Gasteiger partial charge in [0, 0.05) is 6.04 Å². The third-order valence-electron chi connectivity index (χ3n) is 3.94. The van der Waals surface area contributed by atoms with E-state index in [1.165, 1.54) is 38.2 Å². The molecule has 1 nitrogen and oxygen atoms in total. The summed E-state index contributed by atoms with van der Waals surface area (Å²) in [6, 6.07) is 7.45. The summed E-state index contributed by atoms with van der Waals surface area (Å²) >= 11 is 0. The molecule has 0 aromatic heterocycles. The lowest BCUT2D eigenvalue weighted by atomic mass is 9.81. The molecule has 1 N–H and O–H groups in total. The van der Waals surface area contributed by atoms with Gasteiger partial charge in [-0.25, -0.2) is 4.39 Å². The van der Waals surface area contributed by atoms with Gasteiger partial charge in [-0.3, -0.25) is 0 Å². The highest BCUT2D eigenvalue weighted by Gasteiger charge is 2.24. The van der Waals surface area contributed by atoms with Crippen LogP contribution in [0.3, 0.4) is 0 Å². The van der Waals surface area contributed by atoms with Crippen molar-refractivity contribution < 1.29 is 4.39 Å². The topological polar surface area (TPSA) is 12.0 Å². The predicted octanol–water partition coefficient (Wildman–Crippen LogP) is 4.45. The summed E-state index contributed by atoms with van der Waals surface area (Å²) in [5.41, 5.74) is 1.12. The lowest BCUT2D eigenvalue weighted by Gasteiger charge is -2.31. The smallest absolute Gasteiger partial charge is 0.123 e. The fourth-order valence-corrected chi connectivity index (χ4v) is 3.02. The van der Waals surface area contributed by atoms with Crippen LogP contribution in [0.2, 0.25) is 0 Å². The SMILES string of the molecule is CCCNC(c1cccc(F)c1)C1CCCCC1. The highest BCUT2D eigenvalue weighted by Crippen LogP contribution is 2.34. The van der Waals surface area contributed by atoms with Crippen LogP contribution in [-0.2, 0) is 0 Å². The Kier molecular flexibility index (Phi) is 5.18. The average molecular weight is 249 g/mol. The summed E-state index contributed by atoms with van der Waals surface area (Å²) in [6.45, 7) is 3.19. The van der Waals surface area contributed by atoms with Crippen LogP contribution in [-0.4, -0.2) is 6.54 Å². The predicted molar refractivity (Wildman–Crippen MR) is 74.0 cm³/mol. The quantitative estimate of drug-likeness (QED) is 0.813. The number of halogens is 1. The summed E-state index contributed by atoms with van der Waals surface area (Å²) in [6.07, 6.45) is 7.68. The van der Waals surface area contributed by atoms with Crippen molar-refractivity contribution in [2.75, 3.05) is 6.54 Å². The number of hydrogen-bond acceptors (Lipinski definition) is 1. The van der Waals surface area contributed by atoms with Crippen molar-refractivity contribution in [2.45, 2.75) is 51.5 Å². The van der Waals surface area contributed by atoms with Crippen LogP contribution in [0, 0.1) is 11.7 Å². The summed E-state index contributed by atoms with van der Waals surface area (Å²) < 4.78 is 13.4. The van der Waals surface area contributed by atoms with Crippen LogP contribution in [0.15, 0.2) is 24.3 Å². The van der Waals surface area contributed by atoms with E-state index >= 15 is 0 Å². The van der Waals surface area contributed by atoms with Gasteiger partial charge in [-0.2, -0.15) is 0 Å². The second-order valence-corrected chi connectivity index (χ2v) is 5.38. The molecule has 1 saturated carbocycles. The molecule has 1 aromatic carbocycles. The van der Waals surface area contributed by atoms with Crippen molar-refractivity contribution in [3.8, 4) is 0 Å². The van der Waals surface area contributed by atoms with Crippen LogP contribution in [0.1, 0.15) is 57.1 Å². The maximum absolute atomic E-state index is 13.4. The molecule has 100 valence electrons. The van der Waals surface area contributed by atoms with Crippen molar-refractivity contribution >= 4 is 0 Å². The van der Waals surface area contributed by atoms with Gasteiger partial charge in [0.2, 0.25) is 0 Å². The first-order valence-corrected chi connectivity index (χ1v) is 7.30. The monoisotopic (exact) mass is 249 g/mol. The van der Waals surface area contributed by atoms with Crippen molar-refractivity contribution in [3.63, 3.8) is 0 Å². The molecule has 0 radical (unpaired) electrons. The number of nitrogens with one attached hydrogen (secondary N) is 1. The molecule has 0 aliphatic heterocycles. The van der Waals surface area contributed by atoms with E-state index in [1.807, 2.05) is 6.07 Å². The minimum Gasteiger partial charge on any atom is -0.310 e. The standard InChI is InChI=1S/C16H24FN/c1-2-11-18-16(13-7-4-3-5-8-13)14-9-6-10-15(17)12-14/h6,9-10,12-13,16,18H,2-5,7-8,11H2,1H3. The van der Waals surface area contributed by atoms with E-state index in [2.05, 4.69) is 18.3 Å². The Morgan fingerprint density at radius 2 is 2.06 bits per heavy atom. The van der Waals surface area contributed by atoms with E-state index in [9.17, 15) is 4.39 Å². The number of hydrogen-bond donors (Lipinski definition) is 1. The molecule has 0 spiro atoms. The summed E-state index contributed by atoms with van der Waals surface area (Å²) in [5, 5.41) is 3.62. The zero-order chi connectivity index (χ0) is 12.8. The van der Waals surface area contributed by atoms with Crippen molar-refractivity contribution in [3.05, 3.63) is 35.6 Å². The van der Waals surface area contributed by atoms with Crippen LogP contribution in [0.5, 0.6) is 0 Å². The van der Waals surface area contributed by atoms with Crippen molar-refractivity contribution in [1.82, 2.24) is 5.32 Å². The zero-order valence-corrected chi connectivity index (χ0v) is 11.3. The number of rotatable bonds is 5. The average Bonchev–Trinajstić information content (AvgIpc) is 2.40. The van der Waals surface area contributed by atoms with Crippen LogP contribution < -0.4 is 5.32 Å². The second kappa shape index (κ2) is 6.89. The maximum atomic E-state index is 13.4. The minimum atomic E-state index is -0.119. The molecule has 18 heavy (non-hydrogen) atoms. The molecule has 1 unspecified atom stereocenters. The highest BCUT2D eigenvalue weighted by molar-refractivity contribution is 5.21. The molecule has 2 heteroatoms. The fourth-order valence-electron chi connectivity index (χ4n) is 3.02. The third-order valence-corrected chi connectivity index (χ3v) is 3.94. The minimum absolute atomic E-state index is 0.119. The first kappa shape index (κ1) is 13.5. The third kappa shape index (κ3) is 3.55. The van der Waals surface area contributed by atoms with Gasteiger partial charge in [0.05, 0.1) is 0 Å². The van der Waals surface area contributed by atoms with Gasteiger partial charge < -0.3 is 5.32 Å². The van der Waals surface area contributed by atoms with E-state index in [0.717, 1.165) is 18.5 Å². The lowest BCUT2D eigenvalue weighted by Crippen LogP contribution is -2.30. The van der Waals surface area contributed by atoms with Crippen LogP contribution >= 0.6 is 0 Å². The molecule has 0 amide bonds. The Hall–Kier alpha value is -0.890. The first-order chi connectivity index (χ1) is 8.81. The Morgan fingerprint density at radius 3 is 2.72 bits per heavy atom. The molecular formula is C16H24FN. The van der Waals surface area contributed by atoms with Gasteiger partial charge in [-0.15, -0.1) is 0 Å². The van der Waals surface area contributed by atoms with E-state index in [-0.39, 0.29) is 5.82 Å². The molecular weight excluding hydrogens is 225 g/mol. The highest BCUT2D eigenvalue weighted by atomic mass is 19.1. The van der Waals surface area contributed by atoms with Crippen molar-refractivity contribution in [1.29, 1.82) is 0 Å². The van der Waals surface area contributed by atoms with Gasteiger partial charge in [0.25, 0.3) is 0 Å². The first-order valence-electron chi connectivity index (χ1n) is 7.30. The molecule has 1 fully saturated rings. The fraction of sp³-hybridized carbons (Fsp3) is 0.625. The Balaban J connectivity index is 2.12. The molecule has 0 heterocycles. The molecule has 0 saturated heterocycles. The van der Waals surface area contributed by atoms with Gasteiger partial charge >= 0.3 is 0 Å². The molecule has 1 aliphatic carbocycles. The van der Waals surface area contributed by atoms with E-state index < -0.39 is 0 Å².